The normalized spacial score (nSPS) is 11.0. The van der Waals surface area contributed by atoms with Crippen molar-refractivity contribution in [3.05, 3.63) is 77.4 Å². The highest BCUT2D eigenvalue weighted by Gasteiger charge is 2.09. The smallest absolute Gasteiger partial charge is 0.124 e. The van der Waals surface area contributed by atoms with E-state index < -0.39 is 0 Å². The third kappa shape index (κ3) is 5.30. The van der Waals surface area contributed by atoms with Gasteiger partial charge in [0, 0.05) is 31.7 Å². The molecule has 3 aromatic carbocycles. The molecular formula is C23H28N2O2. The molecule has 27 heavy (non-hydrogen) atoms. The first-order valence-electron chi connectivity index (χ1n) is 9.50. The molecule has 0 fully saturated rings. The number of rotatable bonds is 10. The Morgan fingerprint density at radius 1 is 0.852 bits per heavy atom. The van der Waals surface area contributed by atoms with E-state index in [2.05, 4.69) is 72.2 Å². The Hall–Kier alpha value is -2.40. The van der Waals surface area contributed by atoms with Gasteiger partial charge in [0.25, 0.3) is 0 Å². The number of benzene rings is 3. The van der Waals surface area contributed by atoms with Crippen LogP contribution in [0.1, 0.15) is 16.7 Å². The molecule has 0 aliphatic rings. The van der Waals surface area contributed by atoms with E-state index in [1.54, 1.807) is 0 Å². The average molecular weight is 364 g/mol. The fourth-order valence-electron chi connectivity index (χ4n) is 3.16. The van der Waals surface area contributed by atoms with Crippen molar-refractivity contribution in [2.24, 2.45) is 0 Å². The number of hydrogen-bond donors (Lipinski definition) is 3. The predicted molar refractivity (Wildman–Crippen MR) is 111 cm³/mol. The van der Waals surface area contributed by atoms with Gasteiger partial charge in [0.15, 0.2) is 0 Å². The first-order valence-corrected chi connectivity index (χ1v) is 9.50. The third-order valence-corrected chi connectivity index (χ3v) is 4.71. The van der Waals surface area contributed by atoms with E-state index in [0.29, 0.717) is 13.2 Å². The topological polar surface area (TPSA) is 53.5 Å². The third-order valence-electron chi connectivity index (χ3n) is 4.71. The van der Waals surface area contributed by atoms with E-state index in [0.717, 1.165) is 25.4 Å². The van der Waals surface area contributed by atoms with E-state index >= 15 is 0 Å². The predicted octanol–water partition coefficient (Wildman–Crippen LogP) is 3.40. The Bertz CT molecular complexity index is 864. The lowest BCUT2D eigenvalue weighted by atomic mass is 10.0. The van der Waals surface area contributed by atoms with Crippen molar-refractivity contribution >= 4 is 10.8 Å². The molecule has 142 valence electrons. The summed E-state index contributed by atoms with van der Waals surface area (Å²) in [4.78, 5) is 0. The quantitative estimate of drug-likeness (QED) is 0.483. The number of aliphatic hydroxyl groups is 1. The lowest BCUT2D eigenvalue weighted by Crippen LogP contribution is -2.29. The first-order chi connectivity index (χ1) is 13.3. The van der Waals surface area contributed by atoms with Crippen LogP contribution in [-0.2, 0) is 13.2 Å². The van der Waals surface area contributed by atoms with E-state index in [4.69, 9.17) is 9.84 Å². The summed E-state index contributed by atoms with van der Waals surface area (Å²) in [6, 6.07) is 20.9. The van der Waals surface area contributed by atoms with Crippen molar-refractivity contribution in [3.63, 3.8) is 0 Å². The van der Waals surface area contributed by atoms with Gasteiger partial charge in [0.05, 0.1) is 6.61 Å². The lowest BCUT2D eigenvalue weighted by molar-refractivity contribution is 0.292. The summed E-state index contributed by atoms with van der Waals surface area (Å²) in [5, 5.41) is 17.9. The van der Waals surface area contributed by atoms with Crippen molar-refractivity contribution in [1.82, 2.24) is 10.6 Å². The number of hydrogen-bond acceptors (Lipinski definition) is 4. The Morgan fingerprint density at radius 3 is 2.48 bits per heavy atom. The molecule has 3 N–H and O–H groups in total. The molecule has 0 spiro atoms. The van der Waals surface area contributed by atoms with Crippen LogP contribution < -0.4 is 15.4 Å². The van der Waals surface area contributed by atoms with Crippen LogP contribution in [0.4, 0.5) is 0 Å². The summed E-state index contributed by atoms with van der Waals surface area (Å²) in [5.74, 6) is 0.924. The molecule has 0 bridgehead atoms. The largest absolute Gasteiger partial charge is 0.489 e. The Balaban J connectivity index is 1.74. The van der Waals surface area contributed by atoms with Gasteiger partial charge in [0.1, 0.15) is 12.4 Å². The van der Waals surface area contributed by atoms with Crippen LogP contribution >= 0.6 is 0 Å². The molecule has 0 aliphatic heterocycles. The summed E-state index contributed by atoms with van der Waals surface area (Å²) in [7, 11) is 0. The highest BCUT2D eigenvalue weighted by Crippen LogP contribution is 2.29. The second kappa shape index (κ2) is 10.1. The van der Waals surface area contributed by atoms with Crippen molar-refractivity contribution in [2.75, 3.05) is 26.2 Å². The highest BCUT2D eigenvalue weighted by molar-refractivity contribution is 5.87. The number of aryl methyl sites for hydroxylation is 1. The molecule has 0 saturated heterocycles. The van der Waals surface area contributed by atoms with Gasteiger partial charge < -0.3 is 20.5 Å². The fraction of sp³-hybridized carbons (Fsp3) is 0.304. The molecule has 0 atom stereocenters. The minimum Gasteiger partial charge on any atom is -0.489 e. The molecule has 4 nitrogen and oxygen atoms in total. The summed E-state index contributed by atoms with van der Waals surface area (Å²) in [6.45, 7) is 5.87. The SMILES string of the molecule is Cc1ccccc1COc1ccc2ccccc2c1CNCCNCCO. The van der Waals surface area contributed by atoms with E-state index in [9.17, 15) is 0 Å². The molecule has 0 heterocycles. The molecule has 3 aromatic rings. The number of aliphatic hydroxyl groups excluding tert-OH is 1. The lowest BCUT2D eigenvalue weighted by Gasteiger charge is -2.16. The van der Waals surface area contributed by atoms with Crippen LogP contribution in [-0.4, -0.2) is 31.3 Å². The molecule has 0 aromatic heterocycles. The summed E-state index contributed by atoms with van der Waals surface area (Å²) >= 11 is 0. The number of fused-ring (bicyclic) bond motifs is 1. The number of ether oxygens (including phenoxy) is 1. The molecule has 0 aliphatic carbocycles. The zero-order chi connectivity index (χ0) is 18.9. The zero-order valence-electron chi connectivity index (χ0n) is 15.9. The standard InChI is InChI=1S/C23H28N2O2/c1-18-6-2-3-8-20(18)17-27-23-11-10-19-7-4-5-9-21(19)22(23)16-25-13-12-24-14-15-26/h2-11,24-26H,12-17H2,1H3. The van der Waals surface area contributed by atoms with Gasteiger partial charge in [-0.15, -0.1) is 0 Å². The zero-order valence-corrected chi connectivity index (χ0v) is 15.9. The Morgan fingerprint density at radius 2 is 1.63 bits per heavy atom. The average Bonchev–Trinajstić information content (AvgIpc) is 2.70. The van der Waals surface area contributed by atoms with Crippen LogP contribution in [0.3, 0.4) is 0 Å². The summed E-state index contributed by atoms with van der Waals surface area (Å²) < 4.78 is 6.22. The molecule has 0 radical (unpaired) electrons. The monoisotopic (exact) mass is 364 g/mol. The highest BCUT2D eigenvalue weighted by atomic mass is 16.5. The van der Waals surface area contributed by atoms with Crippen LogP contribution in [0.25, 0.3) is 10.8 Å². The van der Waals surface area contributed by atoms with Crippen molar-refractivity contribution < 1.29 is 9.84 Å². The van der Waals surface area contributed by atoms with Gasteiger partial charge in [-0.2, -0.15) is 0 Å². The minimum absolute atomic E-state index is 0.167. The maximum atomic E-state index is 8.83. The maximum absolute atomic E-state index is 8.83. The van der Waals surface area contributed by atoms with Crippen molar-refractivity contribution in [2.45, 2.75) is 20.1 Å². The van der Waals surface area contributed by atoms with Gasteiger partial charge >= 0.3 is 0 Å². The van der Waals surface area contributed by atoms with E-state index in [1.807, 2.05) is 6.07 Å². The first kappa shape index (κ1) is 19.4. The van der Waals surface area contributed by atoms with Gasteiger partial charge in [-0.25, -0.2) is 0 Å². The molecule has 3 rings (SSSR count). The van der Waals surface area contributed by atoms with Crippen molar-refractivity contribution in [1.29, 1.82) is 0 Å². The molecule has 0 amide bonds. The van der Waals surface area contributed by atoms with Crippen LogP contribution in [0.5, 0.6) is 5.75 Å². The second-order valence-corrected chi connectivity index (χ2v) is 6.63. The second-order valence-electron chi connectivity index (χ2n) is 6.63. The van der Waals surface area contributed by atoms with Gasteiger partial charge in [-0.05, 0) is 34.9 Å². The Kier molecular flexibility index (Phi) is 7.22. The van der Waals surface area contributed by atoms with Crippen molar-refractivity contribution in [3.8, 4) is 5.75 Å². The summed E-state index contributed by atoms with van der Waals surface area (Å²) in [6.07, 6.45) is 0. The van der Waals surface area contributed by atoms with Gasteiger partial charge in [-0.1, -0.05) is 54.6 Å². The molecule has 4 heteroatoms. The fourth-order valence-corrected chi connectivity index (χ4v) is 3.16. The van der Waals surface area contributed by atoms with Gasteiger partial charge in [0.2, 0.25) is 0 Å². The molecule has 0 saturated carbocycles. The van der Waals surface area contributed by atoms with E-state index in [1.165, 1.54) is 27.5 Å². The molecular weight excluding hydrogens is 336 g/mol. The minimum atomic E-state index is 0.167. The number of nitrogens with one attached hydrogen (secondary N) is 2. The Labute approximate surface area is 161 Å². The van der Waals surface area contributed by atoms with Crippen LogP contribution in [0, 0.1) is 6.92 Å². The van der Waals surface area contributed by atoms with Crippen LogP contribution in [0.15, 0.2) is 60.7 Å². The maximum Gasteiger partial charge on any atom is 0.124 e. The molecule has 0 unspecified atom stereocenters. The van der Waals surface area contributed by atoms with Gasteiger partial charge in [-0.3, -0.25) is 0 Å². The van der Waals surface area contributed by atoms with Crippen LogP contribution in [0.2, 0.25) is 0 Å². The summed E-state index contributed by atoms with van der Waals surface area (Å²) in [5.41, 5.74) is 3.63. The van der Waals surface area contributed by atoms with E-state index in [-0.39, 0.29) is 6.61 Å².